The molecule has 2 heterocycles. The predicted molar refractivity (Wildman–Crippen MR) is 97.4 cm³/mol. The lowest BCUT2D eigenvalue weighted by atomic mass is 10.1. The third kappa shape index (κ3) is 3.99. The van der Waals surface area contributed by atoms with Gasteiger partial charge in [0, 0.05) is 29.2 Å². The number of hydrogen-bond acceptors (Lipinski definition) is 4. The van der Waals surface area contributed by atoms with Gasteiger partial charge in [-0.2, -0.15) is 0 Å². The van der Waals surface area contributed by atoms with Gasteiger partial charge in [0.15, 0.2) is 6.61 Å². The molecule has 0 atom stereocenters. The van der Waals surface area contributed by atoms with Crippen LogP contribution in [0.15, 0.2) is 24.8 Å². The molecule has 0 aliphatic heterocycles. The van der Waals surface area contributed by atoms with Crippen LogP contribution in [-0.2, 0) is 11.3 Å². The van der Waals surface area contributed by atoms with E-state index in [1.807, 2.05) is 18.4 Å². The van der Waals surface area contributed by atoms with Crippen LogP contribution < -0.4 is 0 Å². The molecule has 0 saturated heterocycles. The van der Waals surface area contributed by atoms with Crippen LogP contribution in [0.25, 0.3) is 0 Å². The number of carbonyl (C=O) groups excluding carboxylic acids is 2. The molecule has 6 heteroatoms. The molecule has 2 aromatic heterocycles. The van der Waals surface area contributed by atoms with Gasteiger partial charge in [-0.15, -0.1) is 6.58 Å². The maximum atomic E-state index is 12.4. The minimum atomic E-state index is -0.650. The second-order valence-electron chi connectivity index (χ2n) is 5.93. The van der Waals surface area contributed by atoms with Crippen LogP contribution in [0.2, 0.25) is 5.15 Å². The number of allylic oxidation sites excluding steroid dienone is 1. The van der Waals surface area contributed by atoms with E-state index in [1.54, 1.807) is 32.1 Å². The summed E-state index contributed by atoms with van der Waals surface area (Å²) in [6.07, 6.45) is 1.77. The number of halogens is 1. The highest BCUT2D eigenvalue weighted by Crippen LogP contribution is 2.20. The molecule has 0 N–H and O–H groups in total. The molecule has 0 fully saturated rings. The number of aromatic nitrogens is 2. The van der Waals surface area contributed by atoms with Crippen LogP contribution in [0.4, 0.5) is 0 Å². The summed E-state index contributed by atoms with van der Waals surface area (Å²) in [5.41, 5.74) is 3.89. The van der Waals surface area contributed by atoms with Gasteiger partial charge >= 0.3 is 5.97 Å². The molecule has 2 rings (SSSR count). The summed E-state index contributed by atoms with van der Waals surface area (Å²) in [6.45, 7) is 11.3. The van der Waals surface area contributed by atoms with E-state index in [0.717, 1.165) is 11.4 Å². The van der Waals surface area contributed by atoms with Crippen LogP contribution in [0, 0.1) is 27.7 Å². The summed E-state index contributed by atoms with van der Waals surface area (Å²) in [6, 6.07) is 3.54. The molecule has 5 nitrogen and oxygen atoms in total. The van der Waals surface area contributed by atoms with Gasteiger partial charge in [-0.1, -0.05) is 17.7 Å². The third-order valence-corrected chi connectivity index (χ3v) is 4.30. The van der Waals surface area contributed by atoms with Crippen LogP contribution in [0.3, 0.4) is 0 Å². The molecule has 0 aromatic carbocycles. The molecule has 0 amide bonds. The van der Waals surface area contributed by atoms with Gasteiger partial charge in [0.05, 0.1) is 5.56 Å². The quantitative estimate of drug-likeness (QED) is 0.338. The molecule has 0 saturated carbocycles. The molecule has 0 unspecified atom stereocenters. The highest BCUT2D eigenvalue weighted by Gasteiger charge is 2.20. The van der Waals surface area contributed by atoms with E-state index in [9.17, 15) is 9.59 Å². The molecule has 0 radical (unpaired) electrons. The Balaban J connectivity index is 2.14. The number of nitrogens with zero attached hydrogens (tertiary/aromatic N) is 2. The van der Waals surface area contributed by atoms with Crippen LogP contribution in [0.5, 0.6) is 0 Å². The molecular formula is C19H21ClN2O3. The van der Waals surface area contributed by atoms with E-state index in [-0.39, 0.29) is 23.1 Å². The largest absolute Gasteiger partial charge is 0.454 e. The number of ketones is 1. The Bertz CT molecular complexity index is 830. The van der Waals surface area contributed by atoms with Crippen LogP contribution in [-0.4, -0.2) is 27.9 Å². The smallest absolute Gasteiger partial charge is 0.342 e. The first-order chi connectivity index (χ1) is 11.8. The minimum absolute atomic E-state index is 0.0825. The Morgan fingerprint density at radius 2 is 1.96 bits per heavy atom. The van der Waals surface area contributed by atoms with Gasteiger partial charge in [-0.25, -0.2) is 9.78 Å². The number of pyridine rings is 1. The summed E-state index contributed by atoms with van der Waals surface area (Å²) in [5, 5.41) is 0.0825. The number of ether oxygens (including phenoxy) is 1. The van der Waals surface area contributed by atoms with Crippen molar-refractivity contribution in [3.05, 3.63) is 63.7 Å². The van der Waals surface area contributed by atoms with E-state index in [1.165, 1.54) is 0 Å². The van der Waals surface area contributed by atoms with Crippen molar-refractivity contribution in [1.82, 2.24) is 9.55 Å². The van der Waals surface area contributed by atoms with Crippen molar-refractivity contribution < 1.29 is 14.3 Å². The maximum absolute atomic E-state index is 12.4. The number of hydrogen-bond donors (Lipinski definition) is 0. The Morgan fingerprint density at radius 3 is 2.56 bits per heavy atom. The first-order valence-corrected chi connectivity index (χ1v) is 8.25. The number of aryl methyl sites for hydroxylation is 3. The monoisotopic (exact) mass is 360 g/mol. The number of carbonyl (C=O) groups is 2. The molecule has 0 spiro atoms. The van der Waals surface area contributed by atoms with Crippen molar-refractivity contribution >= 4 is 23.4 Å². The van der Waals surface area contributed by atoms with E-state index < -0.39 is 5.97 Å². The fraction of sp³-hybridized carbons (Fsp3) is 0.316. The van der Waals surface area contributed by atoms with E-state index in [2.05, 4.69) is 11.6 Å². The number of Topliss-reactive ketones (excluding diaryl/α,β-unsaturated/α-hetero) is 1. The predicted octanol–water partition coefficient (Wildman–Crippen LogP) is 4.00. The standard InChI is InChI=1S/C19H21ClN2O3/c1-6-7-22-13(4)9-15(14(22)5)16(23)10-25-19(24)17-11(2)8-12(3)21-18(17)20/h6,8-9H,1,7,10H2,2-5H3. The van der Waals surface area contributed by atoms with Crippen LogP contribution >= 0.6 is 11.6 Å². The average molecular weight is 361 g/mol. The highest BCUT2D eigenvalue weighted by molar-refractivity contribution is 6.32. The minimum Gasteiger partial charge on any atom is -0.454 e. The second-order valence-corrected chi connectivity index (χ2v) is 6.29. The van der Waals surface area contributed by atoms with Crippen molar-refractivity contribution in [2.24, 2.45) is 0 Å². The van der Waals surface area contributed by atoms with Gasteiger partial charge in [0.2, 0.25) is 5.78 Å². The van der Waals surface area contributed by atoms with Gasteiger partial charge in [-0.05, 0) is 45.4 Å². The molecule has 0 aliphatic rings. The van der Waals surface area contributed by atoms with Crippen molar-refractivity contribution in [2.75, 3.05) is 6.61 Å². The van der Waals surface area contributed by atoms with Crippen molar-refractivity contribution in [3.63, 3.8) is 0 Å². The Hall–Kier alpha value is -2.40. The zero-order chi connectivity index (χ0) is 18.7. The lowest BCUT2D eigenvalue weighted by Crippen LogP contribution is -2.16. The Morgan fingerprint density at radius 1 is 1.28 bits per heavy atom. The molecule has 132 valence electrons. The Labute approximate surface area is 152 Å². The molecule has 2 aromatic rings. The van der Waals surface area contributed by atoms with E-state index in [0.29, 0.717) is 23.4 Å². The Kier molecular flexibility index (Phi) is 5.80. The number of rotatable bonds is 6. The van der Waals surface area contributed by atoms with Gasteiger partial charge < -0.3 is 9.30 Å². The average Bonchev–Trinajstić information content (AvgIpc) is 2.80. The van der Waals surface area contributed by atoms with Crippen LogP contribution in [0.1, 0.15) is 43.4 Å². The van der Waals surface area contributed by atoms with Crippen molar-refractivity contribution in [2.45, 2.75) is 34.2 Å². The number of esters is 1. The van der Waals surface area contributed by atoms with Gasteiger partial charge in [0.25, 0.3) is 0 Å². The zero-order valence-electron chi connectivity index (χ0n) is 14.9. The first kappa shape index (κ1) is 18.9. The normalized spacial score (nSPS) is 10.6. The first-order valence-electron chi connectivity index (χ1n) is 7.88. The van der Waals surface area contributed by atoms with Crippen molar-refractivity contribution in [1.29, 1.82) is 0 Å². The molecule has 25 heavy (non-hydrogen) atoms. The fourth-order valence-corrected chi connectivity index (χ4v) is 3.17. The summed E-state index contributed by atoms with van der Waals surface area (Å²) in [5.74, 6) is -0.908. The van der Waals surface area contributed by atoms with Gasteiger partial charge in [-0.3, -0.25) is 4.79 Å². The fourth-order valence-electron chi connectivity index (χ4n) is 2.81. The molecule has 0 aliphatic carbocycles. The second kappa shape index (κ2) is 7.66. The summed E-state index contributed by atoms with van der Waals surface area (Å²) < 4.78 is 7.15. The van der Waals surface area contributed by atoms with E-state index >= 15 is 0 Å². The van der Waals surface area contributed by atoms with E-state index in [4.69, 9.17) is 16.3 Å². The highest BCUT2D eigenvalue weighted by atomic mass is 35.5. The lowest BCUT2D eigenvalue weighted by molar-refractivity contribution is 0.0473. The molecular weight excluding hydrogens is 340 g/mol. The zero-order valence-corrected chi connectivity index (χ0v) is 15.6. The SMILES string of the molecule is C=CCn1c(C)cc(C(=O)COC(=O)c2c(C)cc(C)nc2Cl)c1C. The summed E-state index contributed by atoms with van der Waals surface area (Å²) in [7, 11) is 0. The lowest BCUT2D eigenvalue weighted by Gasteiger charge is -2.09. The molecule has 0 bridgehead atoms. The maximum Gasteiger partial charge on any atom is 0.342 e. The van der Waals surface area contributed by atoms with Crippen molar-refractivity contribution in [3.8, 4) is 0 Å². The third-order valence-electron chi connectivity index (χ3n) is 4.02. The summed E-state index contributed by atoms with van der Waals surface area (Å²) in [4.78, 5) is 28.8. The van der Waals surface area contributed by atoms with Gasteiger partial charge in [0.1, 0.15) is 5.15 Å². The summed E-state index contributed by atoms with van der Waals surface area (Å²) >= 11 is 6.04. The topological polar surface area (TPSA) is 61.2 Å².